The summed E-state index contributed by atoms with van der Waals surface area (Å²) < 4.78 is 0. The molecular formula is C9H8N2OS. The molecule has 0 atom stereocenters. The first kappa shape index (κ1) is 8.19. The Labute approximate surface area is 79.1 Å². The van der Waals surface area contributed by atoms with Gasteiger partial charge in [-0.15, -0.1) is 11.3 Å². The third-order valence-corrected chi connectivity index (χ3v) is 2.69. The number of nitrogens with one attached hydrogen (secondary N) is 1. The Balaban J connectivity index is 2.47. The molecule has 0 aliphatic heterocycles. The molecule has 0 saturated heterocycles. The molecule has 13 heavy (non-hydrogen) atoms. The van der Waals surface area contributed by atoms with Crippen molar-refractivity contribution in [3.05, 3.63) is 39.8 Å². The zero-order valence-electron chi connectivity index (χ0n) is 7.07. The highest BCUT2D eigenvalue weighted by Gasteiger charge is 2.00. The van der Waals surface area contributed by atoms with Gasteiger partial charge >= 0.3 is 0 Å². The molecular weight excluding hydrogens is 184 g/mol. The summed E-state index contributed by atoms with van der Waals surface area (Å²) in [5, 5.41) is 0. The van der Waals surface area contributed by atoms with Gasteiger partial charge in [-0.3, -0.25) is 4.79 Å². The van der Waals surface area contributed by atoms with E-state index in [4.69, 9.17) is 0 Å². The number of H-pyrrole nitrogens is 1. The first-order valence-corrected chi connectivity index (χ1v) is 4.69. The Bertz CT molecular complexity index is 452. The van der Waals surface area contributed by atoms with E-state index in [1.165, 1.54) is 11.1 Å². The minimum atomic E-state index is -0.169. The lowest BCUT2D eigenvalue weighted by molar-refractivity contribution is 1.15. The summed E-state index contributed by atoms with van der Waals surface area (Å²) >= 11 is 1.66. The summed E-state index contributed by atoms with van der Waals surface area (Å²) in [5.74, 6) is 0. The Kier molecular flexibility index (Phi) is 1.98. The molecule has 2 heterocycles. The molecule has 0 aromatic carbocycles. The van der Waals surface area contributed by atoms with Crippen molar-refractivity contribution in [2.45, 2.75) is 6.92 Å². The standard InChI is InChI=1S/C9H8N2OS/c1-6-2-3-8(13-6)7-4-11-9(12)5-10-7/h2-5H,1H3,(H,11,12). The highest BCUT2D eigenvalue weighted by molar-refractivity contribution is 7.15. The molecule has 4 heteroatoms. The SMILES string of the molecule is Cc1ccc(-c2c[nH]c(=O)cn2)s1. The van der Waals surface area contributed by atoms with Crippen LogP contribution < -0.4 is 5.56 Å². The first-order chi connectivity index (χ1) is 6.25. The van der Waals surface area contributed by atoms with Crippen LogP contribution >= 0.6 is 11.3 Å². The van der Waals surface area contributed by atoms with Gasteiger partial charge in [0.15, 0.2) is 0 Å². The van der Waals surface area contributed by atoms with Crippen LogP contribution in [-0.2, 0) is 0 Å². The van der Waals surface area contributed by atoms with Gasteiger partial charge in [0.2, 0.25) is 0 Å². The van der Waals surface area contributed by atoms with E-state index >= 15 is 0 Å². The van der Waals surface area contributed by atoms with Gasteiger partial charge in [0.25, 0.3) is 5.56 Å². The summed E-state index contributed by atoms with van der Waals surface area (Å²) in [6, 6.07) is 4.04. The van der Waals surface area contributed by atoms with E-state index in [2.05, 4.69) is 9.97 Å². The largest absolute Gasteiger partial charge is 0.326 e. The molecule has 3 nitrogen and oxygen atoms in total. The van der Waals surface area contributed by atoms with Gasteiger partial charge in [0.1, 0.15) is 0 Å². The molecule has 0 fully saturated rings. The zero-order valence-corrected chi connectivity index (χ0v) is 7.89. The van der Waals surface area contributed by atoms with Crippen LogP contribution in [0, 0.1) is 6.92 Å². The number of aryl methyl sites for hydroxylation is 1. The molecule has 1 N–H and O–H groups in total. The van der Waals surface area contributed by atoms with Crippen LogP contribution in [0.2, 0.25) is 0 Å². The van der Waals surface area contributed by atoms with E-state index in [0.29, 0.717) is 0 Å². The third-order valence-electron chi connectivity index (χ3n) is 1.66. The van der Waals surface area contributed by atoms with Crippen molar-refractivity contribution < 1.29 is 0 Å². The fourth-order valence-electron chi connectivity index (χ4n) is 1.05. The summed E-state index contributed by atoms with van der Waals surface area (Å²) in [6.45, 7) is 2.04. The predicted octanol–water partition coefficient (Wildman–Crippen LogP) is 1.81. The summed E-state index contributed by atoms with van der Waals surface area (Å²) in [6.07, 6.45) is 2.93. The highest BCUT2D eigenvalue weighted by atomic mass is 32.1. The fourth-order valence-corrected chi connectivity index (χ4v) is 1.88. The Morgan fingerprint density at radius 1 is 1.46 bits per heavy atom. The van der Waals surface area contributed by atoms with Crippen molar-refractivity contribution in [3.8, 4) is 10.6 Å². The molecule has 0 radical (unpaired) electrons. The number of aromatic nitrogens is 2. The van der Waals surface area contributed by atoms with Crippen molar-refractivity contribution in [2.75, 3.05) is 0 Å². The van der Waals surface area contributed by atoms with Gasteiger partial charge in [0, 0.05) is 11.1 Å². The molecule has 2 rings (SSSR count). The highest BCUT2D eigenvalue weighted by Crippen LogP contribution is 2.24. The van der Waals surface area contributed by atoms with Crippen LogP contribution in [0.3, 0.4) is 0 Å². The maximum absolute atomic E-state index is 10.7. The van der Waals surface area contributed by atoms with Crippen LogP contribution in [0.5, 0.6) is 0 Å². The minimum absolute atomic E-state index is 0.169. The zero-order chi connectivity index (χ0) is 9.26. The maximum atomic E-state index is 10.7. The quantitative estimate of drug-likeness (QED) is 0.749. The Hall–Kier alpha value is -1.42. The average molecular weight is 192 g/mol. The summed E-state index contributed by atoms with van der Waals surface area (Å²) in [4.78, 5) is 19.7. The smallest absolute Gasteiger partial charge is 0.266 e. The number of thiophene rings is 1. The lowest BCUT2D eigenvalue weighted by Gasteiger charge is -1.92. The van der Waals surface area contributed by atoms with Crippen molar-refractivity contribution >= 4 is 11.3 Å². The Morgan fingerprint density at radius 2 is 2.31 bits per heavy atom. The number of rotatable bonds is 1. The number of aromatic amines is 1. The minimum Gasteiger partial charge on any atom is -0.326 e. The van der Waals surface area contributed by atoms with Gasteiger partial charge in [-0.1, -0.05) is 0 Å². The summed E-state index contributed by atoms with van der Waals surface area (Å²) in [5.41, 5.74) is 0.648. The van der Waals surface area contributed by atoms with E-state index in [1.54, 1.807) is 17.5 Å². The van der Waals surface area contributed by atoms with E-state index in [9.17, 15) is 4.79 Å². The van der Waals surface area contributed by atoms with Gasteiger partial charge in [-0.2, -0.15) is 0 Å². The fraction of sp³-hybridized carbons (Fsp3) is 0.111. The van der Waals surface area contributed by atoms with Crippen molar-refractivity contribution in [1.29, 1.82) is 0 Å². The normalized spacial score (nSPS) is 10.2. The number of hydrogen-bond donors (Lipinski definition) is 1. The molecule has 2 aromatic rings. The monoisotopic (exact) mass is 192 g/mol. The van der Waals surface area contributed by atoms with Gasteiger partial charge in [-0.05, 0) is 19.1 Å². The van der Waals surface area contributed by atoms with Crippen LogP contribution in [0.25, 0.3) is 10.6 Å². The number of hydrogen-bond acceptors (Lipinski definition) is 3. The second-order valence-corrected chi connectivity index (χ2v) is 3.99. The molecule has 66 valence electrons. The van der Waals surface area contributed by atoms with E-state index in [-0.39, 0.29) is 5.56 Å². The second kappa shape index (κ2) is 3.14. The number of nitrogens with zero attached hydrogens (tertiary/aromatic N) is 1. The molecule has 0 bridgehead atoms. The maximum Gasteiger partial charge on any atom is 0.266 e. The molecule has 0 aliphatic rings. The van der Waals surface area contributed by atoms with Crippen molar-refractivity contribution in [2.24, 2.45) is 0 Å². The molecule has 0 saturated carbocycles. The van der Waals surface area contributed by atoms with Crippen LogP contribution in [0.15, 0.2) is 29.3 Å². The molecule has 0 unspecified atom stereocenters. The van der Waals surface area contributed by atoms with E-state index in [0.717, 1.165) is 10.6 Å². The molecule has 0 amide bonds. The molecule has 0 spiro atoms. The van der Waals surface area contributed by atoms with Crippen molar-refractivity contribution in [1.82, 2.24) is 9.97 Å². The summed E-state index contributed by atoms with van der Waals surface area (Å²) in [7, 11) is 0. The van der Waals surface area contributed by atoms with Crippen molar-refractivity contribution in [3.63, 3.8) is 0 Å². The van der Waals surface area contributed by atoms with E-state index < -0.39 is 0 Å². The van der Waals surface area contributed by atoms with Gasteiger partial charge < -0.3 is 4.98 Å². The van der Waals surface area contributed by atoms with E-state index in [1.807, 2.05) is 19.1 Å². The lowest BCUT2D eigenvalue weighted by Crippen LogP contribution is -2.03. The molecule has 0 aliphatic carbocycles. The van der Waals surface area contributed by atoms with Gasteiger partial charge in [-0.25, -0.2) is 4.98 Å². The Morgan fingerprint density at radius 3 is 2.85 bits per heavy atom. The third kappa shape index (κ3) is 1.67. The first-order valence-electron chi connectivity index (χ1n) is 3.87. The lowest BCUT2D eigenvalue weighted by atomic mass is 10.3. The second-order valence-electron chi connectivity index (χ2n) is 2.71. The topological polar surface area (TPSA) is 45.8 Å². The predicted molar refractivity (Wildman–Crippen MR) is 52.9 cm³/mol. The van der Waals surface area contributed by atoms with Gasteiger partial charge in [0.05, 0.1) is 16.8 Å². The average Bonchev–Trinajstić information content (AvgIpc) is 2.53. The van der Waals surface area contributed by atoms with Crippen LogP contribution in [0.1, 0.15) is 4.88 Å². The molecule has 2 aromatic heterocycles. The van der Waals surface area contributed by atoms with Crippen LogP contribution in [0.4, 0.5) is 0 Å². The van der Waals surface area contributed by atoms with Crippen LogP contribution in [-0.4, -0.2) is 9.97 Å².